The molecule has 1 aliphatic carbocycles. The summed E-state index contributed by atoms with van der Waals surface area (Å²) >= 11 is 3.53. The second-order valence-electron chi connectivity index (χ2n) is 8.19. The molecule has 0 amide bonds. The van der Waals surface area contributed by atoms with E-state index in [9.17, 15) is 13.5 Å². The minimum absolute atomic E-state index is 0.0672. The van der Waals surface area contributed by atoms with E-state index in [0.29, 0.717) is 16.4 Å². The zero-order chi connectivity index (χ0) is 22.9. The van der Waals surface area contributed by atoms with Crippen molar-refractivity contribution < 1.29 is 13.5 Å². The first-order valence-electron chi connectivity index (χ1n) is 10.8. The van der Waals surface area contributed by atoms with Crippen LogP contribution in [0.15, 0.2) is 45.9 Å². The molecule has 1 fully saturated rings. The summed E-state index contributed by atoms with van der Waals surface area (Å²) in [5.74, 6) is 1.80. The Morgan fingerprint density at radius 1 is 1.25 bits per heavy atom. The number of aliphatic hydroxyl groups excluding tert-OH is 1. The van der Waals surface area contributed by atoms with Crippen molar-refractivity contribution in [1.82, 2.24) is 14.6 Å². The Morgan fingerprint density at radius 2 is 1.97 bits per heavy atom. The van der Waals surface area contributed by atoms with Gasteiger partial charge in [0.1, 0.15) is 11.6 Å². The minimum Gasteiger partial charge on any atom is -0.396 e. The predicted octanol–water partition coefficient (Wildman–Crippen LogP) is 4.02. The molecule has 1 saturated carbocycles. The van der Waals surface area contributed by atoms with E-state index in [1.54, 1.807) is 41.9 Å². The number of hydrogen-bond acceptors (Lipinski definition) is 7. The first-order valence-corrected chi connectivity index (χ1v) is 13.3. The van der Waals surface area contributed by atoms with Crippen LogP contribution < -0.4 is 10.2 Å². The number of aliphatic hydroxyl groups is 1. The smallest absolute Gasteiger partial charge is 0.178 e. The van der Waals surface area contributed by atoms with Gasteiger partial charge in [-0.15, -0.1) is 0 Å². The fraction of sp³-hybridized carbons (Fsp3) is 0.455. The van der Waals surface area contributed by atoms with Crippen molar-refractivity contribution >= 4 is 48.7 Å². The highest BCUT2D eigenvalue weighted by atomic mass is 79.9. The summed E-state index contributed by atoms with van der Waals surface area (Å²) in [4.78, 5) is 7.28. The van der Waals surface area contributed by atoms with Crippen LogP contribution in [0.4, 0.5) is 17.3 Å². The lowest BCUT2D eigenvalue weighted by molar-refractivity contribution is 0.168. The van der Waals surface area contributed by atoms with Crippen molar-refractivity contribution in [3.63, 3.8) is 0 Å². The first-order chi connectivity index (χ1) is 15.3. The lowest BCUT2D eigenvalue weighted by Crippen LogP contribution is -2.42. The first kappa shape index (κ1) is 23.0. The molecule has 10 heteroatoms. The maximum absolute atomic E-state index is 12.1. The molecule has 3 aromatic rings. The average molecular weight is 522 g/mol. The number of sulfone groups is 1. The highest BCUT2D eigenvalue weighted by Crippen LogP contribution is 2.32. The van der Waals surface area contributed by atoms with Crippen LogP contribution in [0.25, 0.3) is 5.65 Å². The summed E-state index contributed by atoms with van der Waals surface area (Å²) in [6.45, 7) is 1.81. The molecule has 32 heavy (non-hydrogen) atoms. The van der Waals surface area contributed by atoms with Gasteiger partial charge in [-0.2, -0.15) is 9.61 Å². The van der Waals surface area contributed by atoms with E-state index in [1.165, 1.54) is 0 Å². The molecular weight excluding hydrogens is 494 g/mol. The summed E-state index contributed by atoms with van der Waals surface area (Å²) in [6, 6.07) is 8.88. The second kappa shape index (κ2) is 9.36. The third kappa shape index (κ3) is 4.49. The van der Waals surface area contributed by atoms with Gasteiger partial charge >= 0.3 is 0 Å². The number of nitrogens with zero attached hydrogens (tertiary/aromatic N) is 4. The number of nitrogens with one attached hydrogen (secondary N) is 1. The summed E-state index contributed by atoms with van der Waals surface area (Å²) in [5, 5.41) is 17.6. The van der Waals surface area contributed by atoms with Crippen LogP contribution in [0.3, 0.4) is 0 Å². The van der Waals surface area contributed by atoms with E-state index in [-0.39, 0.29) is 24.3 Å². The van der Waals surface area contributed by atoms with E-state index in [1.807, 2.05) is 13.1 Å². The lowest BCUT2D eigenvalue weighted by atomic mass is 9.84. The predicted molar refractivity (Wildman–Crippen MR) is 129 cm³/mol. The number of fused-ring (bicyclic) bond motifs is 1. The fourth-order valence-corrected chi connectivity index (χ4v) is 5.57. The molecule has 172 valence electrons. The molecule has 1 aromatic carbocycles. The normalized spacial score (nSPS) is 19.2. The topological polar surface area (TPSA) is 99.8 Å². The second-order valence-corrected chi connectivity index (χ2v) is 11.3. The maximum atomic E-state index is 12.1. The monoisotopic (exact) mass is 521 g/mol. The Balaban J connectivity index is 1.69. The van der Waals surface area contributed by atoms with Gasteiger partial charge in [0.25, 0.3) is 0 Å². The summed E-state index contributed by atoms with van der Waals surface area (Å²) in [6.07, 6.45) is 6.02. The molecule has 2 heterocycles. The molecule has 0 saturated heterocycles. The van der Waals surface area contributed by atoms with Crippen molar-refractivity contribution in [3.05, 3.63) is 41.0 Å². The molecule has 1 aliphatic rings. The molecule has 2 aromatic heterocycles. The van der Waals surface area contributed by atoms with Gasteiger partial charge in [-0.3, -0.25) is 0 Å². The van der Waals surface area contributed by atoms with E-state index in [2.05, 4.69) is 31.2 Å². The van der Waals surface area contributed by atoms with Crippen LogP contribution in [0, 0.1) is 5.92 Å². The molecule has 0 bridgehead atoms. The molecular formula is C22H28BrN5O3S. The minimum atomic E-state index is -3.25. The number of anilines is 3. The van der Waals surface area contributed by atoms with Gasteiger partial charge in [0.05, 0.1) is 21.3 Å². The molecule has 4 rings (SSSR count). The Bertz CT molecular complexity index is 1200. The van der Waals surface area contributed by atoms with Crippen LogP contribution in [0.5, 0.6) is 0 Å². The van der Waals surface area contributed by atoms with E-state index >= 15 is 0 Å². The number of hydrogen-bond donors (Lipinski definition) is 2. The van der Waals surface area contributed by atoms with Gasteiger partial charge < -0.3 is 15.3 Å². The third-order valence-corrected chi connectivity index (χ3v) is 8.55. The van der Waals surface area contributed by atoms with Crippen molar-refractivity contribution in [2.45, 2.75) is 43.5 Å². The van der Waals surface area contributed by atoms with Gasteiger partial charge in [0.2, 0.25) is 0 Å². The molecule has 8 nitrogen and oxygen atoms in total. The van der Waals surface area contributed by atoms with Crippen LogP contribution >= 0.6 is 15.9 Å². The Kier molecular flexibility index (Phi) is 6.73. The van der Waals surface area contributed by atoms with E-state index in [4.69, 9.17) is 4.98 Å². The largest absolute Gasteiger partial charge is 0.396 e. The summed E-state index contributed by atoms with van der Waals surface area (Å²) in [7, 11) is -1.22. The summed E-state index contributed by atoms with van der Waals surface area (Å²) in [5.41, 5.74) is 1.43. The van der Waals surface area contributed by atoms with Crippen LogP contribution in [-0.2, 0) is 9.84 Å². The number of rotatable bonds is 7. The zero-order valence-electron chi connectivity index (χ0n) is 18.2. The maximum Gasteiger partial charge on any atom is 0.178 e. The fourth-order valence-electron chi connectivity index (χ4n) is 4.33. The molecule has 0 unspecified atom stereocenters. The summed E-state index contributed by atoms with van der Waals surface area (Å²) < 4.78 is 26.7. The Morgan fingerprint density at radius 3 is 2.66 bits per heavy atom. The quantitative estimate of drug-likeness (QED) is 0.484. The molecule has 0 radical (unpaired) electrons. The highest BCUT2D eigenvalue weighted by molar-refractivity contribution is 9.10. The number of benzene rings is 1. The average Bonchev–Trinajstić information content (AvgIpc) is 3.19. The highest BCUT2D eigenvalue weighted by Gasteiger charge is 2.29. The van der Waals surface area contributed by atoms with Crippen LogP contribution in [0.2, 0.25) is 0 Å². The Labute approximate surface area is 196 Å². The molecule has 0 spiro atoms. The molecule has 0 aliphatic heterocycles. The SMILES string of the molecule is CCS(=O)(=O)c1ccc(Nc2cc(N(C)[C@@H]3CCCC[C@@H]3CO)nc3c(Br)cnn23)cc1. The molecule has 2 atom stereocenters. The van der Waals surface area contributed by atoms with Gasteiger partial charge in [0, 0.05) is 37.4 Å². The van der Waals surface area contributed by atoms with E-state index < -0.39 is 9.84 Å². The van der Waals surface area contributed by atoms with Crippen molar-refractivity contribution in [3.8, 4) is 0 Å². The zero-order valence-corrected chi connectivity index (χ0v) is 20.6. The van der Waals surface area contributed by atoms with Crippen LogP contribution in [0.1, 0.15) is 32.6 Å². The lowest BCUT2D eigenvalue weighted by Gasteiger charge is -2.38. The van der Waals surface area contributed by atoms with E-state index in [0.717, 1.165) is 41.7 Å². The third-order valence-electron chi connectivity index (χ3n) is 6.24. The van der Waals surface area contributed by atoms with Crippen molar-refractivity contribution in [2.75, 3.05) is 29.6 Å². The Hall–Kier alpha value is -2.17. The molecule has 2 N–H and O–H groups in total. The number of halogens is 1. The van der Waals surface area contributed by atoms with Gasteiger partial charge in [-0.25, -0.2) is 13.4 Å². The number of aromatic nitrogens is 3. The van der Waals surface area contributed by atoms with Gasteiger partial charge in [-0.05, 0) is 53.0 Å². The standard InChI is InChI=1S/C22H28BrN5O3S/c1-3-32(30,31)17-10-8-16(9-11-17)25-21-12-20(26-22-18(23)13-24-28(21)22)27(2)19-7-5-4-6-15(19)14-29/h8-13,15,19,25,29H,3-7,14H2,1-2H3/t15-,19-/m1/s1. The van der Waals surface area contributed by atoms with Gasteiger partial charge in [0.15, 0.2) is 15.5 Å². The van der Waals surface area contributed by atoms with Crippen molar-refractivity contribution in [1.29, 1.82) is 0 Å². The van der Waals surface area contributed by atoms with Crippen LogP contribution in [-0.4, -0.2) is 53.6 Å². The van der Waals surface area contributed by atoms with Gasteiger partial charge in [-0.1, -0.05) is 19.8 Å². The van der Waals surface area contributed by atoms with Crippen molar-refractivity contribution in [2.24, 2.45) is 5.92 Å².